The summed E-state index contributed by atoms with van der Waals surface area (Å²) in [5, 5.41) is 30.9. The van der Waals surface area contributed by atoms with Crippen LogP contribution >= 0.6 is 0 Å². The molecule has 0 radical (unpaired) electrons. The minimum absolute atomic E-state index is 0.138. The van der Waals surface area contributed by atoms with Crippen molar-refractivity contribution in [3.63, 3.8) is 0 Å². The van der Waals surface area contributed by atoms with E-state index in [-0.39, 0.29) is 30.5 Å². The number of alkyl carbamates (subject to hydrolysis) is 1. The van der Waals surface area contributed by atoms with Gasteiger partial charge in [0, 0.05) is 31.7 Å². The second-order valence-corrected chi connectivity index (χ2v) is 10.9. The molecule has 1 heterocycles. The summed E-state index contributed by atoms with van der Waals surface area (Å²) in [5.41, 5.74) is 0.349. The van der Waals surface area contributed by atoms with E-state index in [4.69, 9.17) is 4.74 Å². The summed E-state index contributed by atoms with van der Waals surface area (Å²) < 4.78 is 5.29. The average molecular weight is 558 g/mol. The number of hydrogen-bond acceptors (Lipinski definition) is 10. The van der Waals surface area contributed by atoms with Gasteiger partial charge in [0.15, 0.2) is 0 Å². The molecule has 0 saturated heterocycles. The standard InChI is InChI=1S/C27H39N7O6/c1-5-33(37)24(35)21-8-6-7-20(13-21)16-29-25-30-17-22(34(38)39)23(32-25)28-14-18-9-11-19(12-10-18)15-31-26(36)40-27(2,3)4/h6-8,13,17-19,37H,5,9-12,14-16H2,1-4H3,(H,31,36)(H2,28,29,30,32). The normalized spacial score (nSPS) is 17.0. The topological polar surface area (TPSA) is 172 Å². The zero-order valence-corrected chi connectivity index (χ0v) is 23.5. The SMILES string of the molecule is CCN(O)C(=O)c1cccc(CNc2ncc([N+](=O)[O-])c(NCC3CCC(CNC(=O)OC(C)(C)C)CC3)n2)c1. The molecule has 4 N–H and O–H groups in total. The van der Waals surface area contributed by atoms with Crippen molar-refractivity contribution in [2.75, 3.05) is 30.3 Å². The Kier molecular flexibility index (Phi) is 10.6. The summed E-state index contributed by atoms with van der Waals surface area (Å²) in [6.07, 6.45) is 4.49. The van der Waals surface area contributed by atoms with Gasteiger partial charge in [0.1, 0.15) is 11.8 Å². The van der Waals surface area contributed by atoms with Crippen LogP contribution in [0.15, 0.2) is 30.5 Å². The van der Waals surface area contributed by atoms with Crippen LogP contribution in [0.25, 0.3) is 0 Å². The molecule has 1 fully saturated rings. The first-order valence-electron chi connectivity index (χ1n) is 13.5. The third kappa shape index (κ3) is 9.33. The molecule has 1 aliphatic rings. The molecule has 0 unspecified atom stereocenters. The molecule has 40 heavy (non-hydrogen) atoms. The zero-order chi connectivity index (χ0) is 29.3. The molecule has 3 rings (SSSR count). The highest BCUT2D eigenvalue weighted by Gasteiger charge is 2.24. The zero-order valence-electron chi connectivity index (χ0n) is 23.5. The van der Waals surface area contributed by atoms with Crippen molar-refractivity contribution in [3.8, 4) is 0 Å². The predicted octanol–water partition coefficient (Wildman–Crippen LogP) is 4.59. The fourth-order valence-electron chi connectivity index (χ4n) is 4.44. The summed E-state index contributed by atoms with van der Waals surface area (Å²) >= 11 is 0. The second-order valence-electron chi connectivity index (χ2n) is 10.9. The maximum atomic E-state index is 12.2. The van der Waals surface area contributed by atoms with E-state index < -0.39 is 22.5 Å². The van der Waals surface area contributed by atoms with E-state index in [2.05, 4.69) is 25.9 Å². The highest BCUT2D eigenvalue weighted by Crippen LogP contribution is 2.30. The van der Waals surface area contributed by atoms with Crippen molar-refractivity contribution in [3.05, 3.63) is 51.7 Å². The Hall–Kier alpha value is -4.00. The lowest BCUT2D eigenvalue weighted by Crippen LogP contribution is -2.36. The van der Waals surface area contributed by atoms with Crippen LogP contribution in [0, 0.1) is 22.0 Å². The van der Waals surface area contributed by atoms with Crippen molar-refractivity contribution in [1.82, 2.24) is 20.3 Å². The van der Waals surface area contributed by atoms with Gasteiger partial charge in [-0.25, -0.2) is 14.8 Å². The number of hydroxylamine groups is 2. The van der Waals surface area contributed by atoms with Crippen LogP contribution in [-0.2, 0) is 11.3 Å². The number of benzene rings is 1. The molecule has 1 aromatic carbocycles. The first kappa shape index (κ1) is 30.5. The number of rotatable bonds is 11. The number of nitro groups is 1. The lowest BCUT2D eigenvalue weighted by atomic mass is 9.82. The number of amides is 2. The minimum atomic E-state index is -0.533. The number of ether oxygens (including phenoxy) is 1. The van der Waals surface area contributed by atoms with Crippen molar-refractivity contribution in [1.29, 1.82) is 0 Å². The number of anilines is 2. The van der Waals surface area contributed by atoms with Crippen LogP contribution in [0.4, 0.5) is 22.2 Å². The van der Waals surface area contributed by atoms with Gasteiger partial charge in [-0.15, -0.1) is 0 Å². The molecule has 1 saturated carbocycles. The quantitative estimate of drug-likeness (QED) is 0.174. The van der Waals surface area contributed by atoms with Gasteiger partial charge in [-0.05, 0) is 82.9 Å². The third-order valence-corrected chi connectivity index (χ3v) is 6.58. The van der Waals surface area contributed by atoms with E-state index in [1.54, 1.807) is 31.2 Å². The van der Waals surface area contributed by atoms with Crippen LogP contribution in [0.1, 0.15) is 69.3 Å². The van der Waals surface area contributed by atoms with Gasteiger partial charge in [0.05, 0.1) is 4.92 Å². The number of carbonyl (C=O) groups excluding carboxylic acids is 2. The van der Waals surface area contributed by atoms with Crippen LogP contribution in [0.2, 0.25) is 0 Å². The lowest BCUT2D eigenvalue weighted by molar-refractivity contribution is -0.384. The fourth-order valence-corrected chi connectivity index (χ4v) is 4.44. The van der Waals surface area contributed by atoms with Crippen molar-refractivity contribution in [2.45, 2.75) is 65.5 Å². The molecular weight excluding hydrogens is 518 g/mol. The van der Waals surface area contributed by atoms with Crippen LogP contribution < -0.4 is 16.0 Å². The number of carbonyl (C=O) groups is 2. The Balaban J connectivity index is 1.53. The van der Waals surface area contributed by atoms with Crippen LogP contribution in [0.3, 0.4) is 0 Å². The fraction of sp³-hybridized carbons (Fsp3) is 0.556. The van der Waals surface area contributed by atoms with Crippen LogP contribution in [0.5, 0.6) is 0 Å². The molecule has 218 valence electrons. The van der Waals surface area contributed by atoms with E-state index in [1.165, 1.54) is 6.20 Å². The molecule has 0 atom stereocenters. The van der Waals surface area contributed by atoms with Gasteiger partial charge in [-0.2, -0.15) is 4.98 Å². The molecule has 2 amide bonds. The Bertz CT molecular complexity index is 1180. The largest absolute Gasteiger partial charge is 0.444 e. The summed E-state index contributed by atoms with van der Waals surface area (Å²) in [5.74, 6) is 0.524. The Morgan fingerprint density at radius 1 is 1.15 bits per heavy atom. The smallest absolute Gasteiger partial charge is 0.407 e. The summed E-state index contributed by atoms with van der Waals surface area (Å²) in [4.78, 5) is 43.6. The molecule has 2 aromatic rings. The molecule has 13 nitrogen and oxygen atoms in total. The van der Waals surface area contributed by atoms with Crippen molar-refractivity contribution >= 4 is 29.5 Å². The minimum Gasteiger partial charge on any atom is -0.444 e. The number of hydrogen-bond donors (Lipinski definition) is 4. The molecule has 1 aliphatic carbocycles. The van der Waals surface area contributed by atoms with Gasteiger partial charge >= 0.3 is 11.8 Å². The van der Waals surface area contributed by atoms with E-state index in [1.807, 2.05) is 20.8 Å². The highest BCUT2D eigenvalue weighted by atomic mass is 16.6. The van der Waals surface area contributed by atoms with Gasteiger partial charge < -0.3 is 20.7 Å². The molecular formula is C27H39N7O6. The van der Waals surface area contributed by atoms with E-state index in [9.17, 15) is 24.9 Å². The first-order chi connectivity index (χ1) is 18.9. The monoisotopic (exact) mass is 557 g/mol. The first-order valence-corrected chi connectivity index (χ1v) is 13.5. The predicted molar refractivity (Wildman–Crippen MR) is 149 cm³/mol. The molecule has 1 aromatic heterocycles. The average Bonchev–Trinajstić information content (AvgIpc) is 2.92. The maximum absolute atomic E-state index is 12.2. The summed E-state index contributed by atoms with van der Waals surface area (Å²) in [7, 11) is 0. The van der Waals surface area contributed by atoms with Gasteiger partial charge in [0.2, 0.25) is 11.8 Å². The lowest BCUT2D eigenvalue weighted by Gasteiger charge is -2.29. The molecule has 0 aliphatic heterocycles. The van der Waals surface area contributed by atoms with E-state index >= 15 is 0 Å². The van der Waals surface area contributed by atoms with Gasteiger partial charge in [-0.3, -0.25) is 20.1 Å². The van der Waals surface area contributed by atoms with E-state index in [0.717, 1.165) is 31.2 Å². The van der Waals surface area contributed by atoms with Crippen molar-refractivity contribution in [2.24, 2.45) is 11.8 Å². The van der Waals surface area contributed by atoms with Crippen molar-refractivity contribution < 1.29 is 24.5 Å². The van der Waals surface area contributed by atoms with Gasteiger partial charge in [-0.1, -0.05) is 12.1 Å². The third-order valence-electron chi connectivity index (χ3n) is 6.58. The number of aromatic nitrogens is 2. The van der Waals surface area contributed by atoms with E-state index in [0.29, 0.717) is 35.6 Å². The summed E-state index contributed by atoms with van der Waals surface area (Å²) in [6.45, 7) is 8.68. The number of nitrogens with one attached hydrogen (secondary N) is 3. The highest BCUT2D eigenvalue weighted by molar-refractivity contribution is 5.93. The molecule has 0 spiro atoms. The Morgan fingerprint density at radius 2 is 1.82 bits per heavy atom. The number of nitrogens with zero attached hydrogens (tertiary/aromatic N) is 4. The second kappa shape index (κ2) is 13.9. The summed E-state index contributed by atoms with van der Waals surface area (Å²) in [6, 6.07) is 6.78. The van der Waals surface area contributed by atoms with Crippen LogP contribution in [-0.4, -0.2) is 62.4 Å². The molecule has 0 bridgehead atoms. The maximum Gasteiger partial charge on any atom is 0.407 e. The molecule has 13 heteroatoms. The Labute approximate surface area is 233 Å². The Morgan fingerprint density at radius 3 is 2.45 bits per heavy atom. The van der Waals surface area contributed by atoms with Gasteiger partial charge in [0.25, 0.3) is 5.91 Å².